The topological polar surface area (TPSA) is 58.1 Å². The fourth-order valence-corrected chi connectivity index (χ4v) is 3.62. The van der Waals surface area contributed by atoms with Gasteiger partial charge in [-0.3, -0.25) is 4.79 Å². The minimum Gasteiger partial charge on any atom is -0.366 e. The monoisotopic (exact) mass is 322 g/mol. The van der Waals surface area contributed by atoms with E-state index in [1.165, 1.54) is 36.8 Å². The van der Waals surface area contributed by atoms with Crippen LogP contribution in [0.4, 0.5) is 5.82 Å². The first-order valence-corrected chi connectivity index (χ1v) is 8.74. The highest BCUT2D eigenvalue weighted by Gasteiger charge is 2.23. The maximum Gasteiger partial charge on any atom is 0.274 e. The Morgan fingerprint density at radius 2 is 1.88 bits per heavy atom. The van der Waals surface area contributed by atoms with Gasteiger partial charge >= 0.3 is 0 Å². The van der Waals surface area contributed by atoms with Crippen molar-refractivity contribution in [3.05, 3.63) is 53.5 Å². The lowest BCUT2D eigenvalue weighted by atomic mass is 10.00. The van der Waals surface area contributed by atoms with E-state index < -0.39 is 0 Å². The molecule has 1 saturated carbocycles. The first-order valence-electron chi connectivity index (χ1n) is 8.74. The number of amides is 1. The van der Waals surface area contributed by atoms with Crippen molar-refractivity contribution in [2.75, 3.05) is 11.9 Å². The number of benzene rings is 1. The number of carbonyl (C=O) groups excluding carboxylic acids is 1. The zero-order valence-corrected chi connectivity index (χ0v) is 13.7. The molecular formula is C19H22N4O. The predicted molar refractivity (Wildman–Crippen MR) is 92.8 cm³/mol. The number of nitrogens with zero attached hydrogens (tertiary/aromatic N) is 3. The number of rotatable bonds is 3. The number of nitrogens with one attached hydrogen (secondary N) is 1. The number of hydrogen-bond acceptors (Lipinski definition) is 4. The van der Waals surface area contributed by atoms with Crippen molar-refractivity contribution < 1.29 is 4.79 Å². The number of aromatic nitrogens is 2. The minimum atomic E-state index is -0.0376. The van der Waals surface area contributed by atoms with Gasteiger partial charge in [0.25, 0.3) is 5.91 Å². The highest BCUT2D eigenvalue weighted by Crippen LogP contribution is 2.22. The van der Waals surface area contributed by atoms with Crippen LogP contribution in [0.3, 0.4) is 0 Å². The Kier molecular flexibility index (Phi) is 4.15. The molecule has 1 N–H and O–H groups in total. The maximum absolute atomic E-state index is 12.7. The third-order valence-corrected chi connectivity index (χ3v) is 5.00. The summed E-state index contributed by atoms with van der Waals surface area (Å²) in [6, 6.07) is 8.81. The van der Waals surface area contributed by atoms with Crippen LogP contribution in [0.15, 0.2) is 36.7 Å². The van der Waals surface area contributed by atoms with Gasteiger partial charge in [-0.2, -0.15) is 0 Å². The Morgan fingerprint density at radius 1 is 1.08 bits per heavy atom. The molecule has 1 aliphatic heterocycles. The molecule has 1 aromatic carbocycles. The maximum atomic E-state index is 12.7. The minimum absolute atomic E-state index is 0.0376. The summed E-state index contributed by atoms with van der Waals surface area (Å²) in [7, 11) is 0. The highest BCUT2D eigenvalue weighted by atomic mass is 16.2. The van der Waals surface area contributed by atoms with Crippen molar-refractivity contribution >= 4 is 11.7 Å². The summed E-state index contributed by atoms with van der Waals surface area (Å²) in [5.74, 6) is 0.729. The van der Waals surface area contributed by atoms with E-state index in [1.807, 2.05) is 11.0 Å². The van der Waals surface area contributed by atoms with Crippen LogP contribution in [0, 0.1) is 0 Å². The first-order chi connectivity index (χ1) is 11.8. The second-order valence-corrected chi connectivity index (χ2v) is 6.66. The van der Waals surface area contributed by atoms with Crippen molar-refractivity contribution in [2.45, 2.75) is 44.7 Å². The molecule has 1 aromatic heterocycles. The van der Waals surface area contributed by atoms with Gasteiger partial charge in [0, 0.05) is 19.1 Å². The van der Waals surface area contributed by atoms with Crippen molar-refractivity contribution in [1.29, 1.82) is 0 Å². The lowest BCUT2D eigenvalue weighted by Crippen LogP contribution is -2.36. The van der Waals surface area contributed by atoms with E-state index in [2.05, 4.69) is 33.5 Å². The molecule has 0 spiro atoms. The van der Waals surface area contributed by atoms with E-state index in [-0.39, 0.29) is 5.91 Å². The molecule has 5 heteroatoms. The number of carbonyl (C=O) groups is 1. The van der Waals surface area contributed by atoms with Gasteiger partial charge in [-0.25, -0.2) is 9.97 Å². The van der Waals surface area contributed by atoms with E-state index in [4.69, 9.17) is 0 Å². The molecule has 4 rings (SSSR count). The third-order valence-electron chi connectivity index (χ3n) is 5.00. The lowest BCUT2D eigenvalue weighted by molar-refractivity contribution is 0.0728. The Balaban J connectivity index is 1.43. The normalized spacial score (nSPS) is 17.6. The van der Waals surface area contributed by atoms with E-state index in [9.17, 15) is 4.79 Å². The molecule has 0 saturated heterocycles. The van der Waals surface area contributed by atoms with Gasteiger partial charge < -0.3 is 10.2 Å². The van der Waals surface area contributed by atoms with Crippen molar-refractivity contribution in [2.24, 2.45) is 0 Å². The van der Waals surface area contributed by atoms with Gasteiger partial charge in [-0.05, 0) is 30.4 Å². The van der Waals surface area contributed by atoms with Crippen LogP contribution in [-0.2, 0) is 13.0 Å². The molecule has 2 heterocycles. The molecule has 0 atom stereocenters. The molecule has 5 nitrogen and oxygen atoms in total. The molecule has 0 radical (unpaired) electrons. The standard InChI is InChI=1S/C19H22N4O/c24-19(23-10-9-14-5-1-2-6-15(14)13-23)17-11-21-18(12-20-17)22-16-7-3-4-8-16/h1-2,5-6,11-12,16H,3-4,7-10,13H2,(H,21,22). The summed E-state index contributed by atoms with van der Waals surface area (Å²) in [6.45, 7) is 1.39. The Hall–Kier alpha value is -2.43. The molecule has 1 aliphatic carbocycles. The van der Waals surface area contributed by atoms with Crippen LogP contribution in [0.5, 0.6) is 0 Å². The summed E-state index contributed by atoms with van der Waals surface area (Å²) in [5, 5.41) is 3.40. The number of fused-ring (bicyclic) bond motifs is 1. The van der Waals surface area contributed by atoms with Gasteiger partial charge in [0.2, 0.25) is 0 Å². The zero-order chi connectivity index (χ0) is 16.4. The summed E-state index contributed by atoms with van der Waals surface area (Å²) in [4.78, 5) is 23.2. The van der Waals surface area contributed by atoms with Gasteiger partial charge in [0.15, 0.2) is 0 Å². The predicted octanol–water partition coefficient (Wildman–Crippen LogP) is 3.03. The molecule has 0 unspecified atom stereocenters. The zero-order valence-electron chi connectivity index (χ0n) is 13.7. The van der Waals surface area contributed by atoms with E-state index >= 15 is 0 Å². The molecule has 1 amide bonds. The van der Waals surface area contributed by atoms with Crippen molar-refractivity contribution in [3.63, 3.8) is 0 Å². The Morgan fingerprint density at radius 3 is 2.62 bits per heavy atom. The van der Waals surface area contributed by atoms with Gasteiger partial charge in [-0.1, -0.05) is 37.1 Å². The summed E-state index contributed by atoms with van der Waals surface area (Å²) in [5.41, 5.74) is 2.99. The molecule has 2 aromatic rings. The molecule has 24 heavy (non-hydrogen) atoms. The van der Waals surface area contributed by atoms with Gasteiger partial charge in [0.1, 0.15) is 11.5 Å². The summed E-state index contributed by atoms with van der Waals surface area (Å²) in [6.07, 6.45) is 9.11. The SMILES string of the molecule is O=C(c1cnc(NC2CCCC2)cn1)N1CCc2ccccc2C1. The molecule has 2 aliphatic rings. The molecule has 124 valence electrons. The fourth-order valence-electron chi connectivity index (χ4n) is 3.62. The third kappa shape index (κ3) is 3.11. The summed E-state index contributed by atoms with van der Waals surface area (Å²) >= 11 is 0. The highest BCUT2D eigenvalue weighted by molar-refractivity contribution is 5.92. The van der Waals surface area contributed by atoms with Gasteiger partial charge in [-0.15, -0.1) is 0 Å². The number of hydrogen-bond donors (Lipinski definition) is 1. The number of anilines is 1. The molecular weight excluding hydrogens is 300 g/mol. The second kappa shape index (κ2) is 6.59. The first kappa shape index (κ1) is 15.1. The quantitative estimate of drug-likeness (QED) is 0.943. The van der Waals surface area contributed by atoms with Crippen LogP contribution in [0.2, 0.25) is 0 Å². The largest absolute Gasteiger partial charge is 0.366 e. The smallest absolute Gasteiger partial charge is 0.274 e. The summed E-state index contributed by atoms with van der Waals surface area (Å²) < 4.78 is 0. The Bertz CT molecular complexity index is 722. The van der Waals surface area contributed by atoms with Crippen LogP contribution < -0.4 is 5.32 Å². The van der Waals surface area contributed by atoms with Gasteiger partial charge in [0.05, 0.1) is 12.4 Å². The van der Waals surface area contributed by atoms with Crippen LogP contribution in [0.1, 0.15) is 47.3 Å². The average molecular weight is 322 g/mol. The van der Waals surface area contributed by atoms with E-state index in [0.717, 1.165) is 18.8 Å². The van der Waals surface area contributed by atoms with Crippen molar-refractivity contribution in [1.82, 2.24) is 14.9 Å². The lowest BCUT2D eigenvalue weighted by Gasteiger charge is -2.28. The van der Waals surface area contributed by atoms with Crippen LogP contribution in [0.25, 0.3) is 0 Å². The fraction of sp³-hybridized carbons (Fsp3) is 0.421. The van der Waals surface area contributed by atoms with E-state index in [1.54, 1.807) is 12.4 Å². The second-order valence-electron chi connectivity index (χ2n) is 6.66. The van der Waals surface area contributed by atoms with E-state index in [0.29, 0.717) is 18.3 Å². The van der Waals surface area contributed by atoms with Crippen LogP contribution >= 0.6 is 0 Å². The van der Waals surface area contributed by atoms with Crippen molar-refractivity contribution in [3.8, 4) is 0 Å². The average Bonchev–Trinajstić information content (AvgIpc) is 3.14. The Labute approximate surface area is 142 Å². The molecule has 0 bridgehead atoms. The molecule has 1 fully saturated rings. The van der Waals surface area contributed by atoms with Crippen LogP contribution in [-0.4, -0.2) is 33.4 Å².